The molecule has 2 aromatic carbocycles. The maximum absolute atomic E-state index is 12.2. The fourth-order valence-electron chi connectivity index (χ4n) is 1.71. The van der Waals surface area contributed by atoms with Crippen LogP contribution < -0.4 is 16.2 Å². The second-order valence-electron chi connectivity index (χ2n) is 4.49. The molecule has 0 heterocycles. The Hall–Kier alpha value is -2.39. The number of phenols is 1. The van der Waals surface area contributed by atoms with Gasteiger partial charge in [0.15, 0.2) is 5.11 Å². The molecular formula is C15H13F2N3O2S2. The number of thiocarbonyl (C=S) groups is 1. The second kappa shape index (κ2) is 8.46. The molecule has 0 aliphatic carbocycles. The van der Waals surface area contributed by atoms with Crippen molar-refractivity contribution in [3.63, 3.8) is 0 Å². The molecule has 4 N–H and O–H groups in total. The molecule has 0 unspecified atom stereocenters. The lowest BCUT2D eigenvalue weighted by molar-refractivity contribution is 0.0943. The highest BCUT2D eigenvalue weighted by Gasteiger charge is 2.07. The summed E-state index contributed by atoms with van der Waals surface area (Å²) in [4.78, 5) is 12.3. The van der Waals surface area contributed by atoms with Gasteiger partial charge in [-0.1, -0.05) is 17.8 Å². The Kier molecular flexibility index (Phi) is 6.33. The first-order valence-corrected chi connectivity index (χ1v) is 7.94. The third-order valence-electron chi connectivity index (χ3n) is 2.74. The lowest BCUT2D eigenvalue weighted by atomic mass is 10.2. The molecule has 0 aliphatic heterocycles. The number of aromatic hydroxyl groups is 1. The summed E-state index contributed by atoms with van der Waals surface area (Å²) in [7, 11) is 0. The van der Waals surface area contributed by atoms with Crippen LogP contribution in [0.3, 0.4) is 0 Å². The minimum atomic E-state index is -2.47. The molecule has 24 heavy (non-hydrogen) atoms. The predicted molar refractivity (Wildman–Crippen MR) is 93.2 cm³/mol. The van der Waals surface area contributed by atoms with Gasteiger partial charge in [-0.2, -0.15) is 8.78 Å². The summed E-state index contributed by atoms with van der Waals surface area (Å²) in [6, 6.07) is 12.1. The number of amides is 1. The third kappa shape index (κ3) is 5.67. The van der Waals surface area contributed by atoms with E-state index in [2.05, 4.69) is 16.2 Å². The van der Waals surface area contributed by atoms with Crippen LogP contribution >= 0.6 is 24.0 Å². The van der Waals surface area contributed by atoms with Crippen molar-refractivity contribution in [3.8, 4) is 5.75 Å². The lowest BCUT2D eigenvalue weighted by Crippen LogP contribution is -2.43. The largest absolute Gasteiger partial charge is 0.508 e. The number of rotatable bonds is 4. The Morgan fingerprint density at radius 3 is 2.46 bits per heavy atom. The van der Waals surface area contributed by atoms with Gasteiger partial charge in [0.1, 0.15) is 5.75 Å². The zero-order valence-electron chi connectivity index (χ0n) is 12.1. The molecule has 0 bridgehead atoms. The average Bonchev–Trinajstić information content (AvgIpc) is 2.54. The number of benzene rings is 2. The van der Waals surface area contributed by atoms with Gasteiger partial charge in [0.2, 0.25) is 0 Å². The van der Waals surface area contributed by atoms with E-state index in [1.54, 1.807) is 18.2 Å². The molecule has 0 aromatic heterocycles. The Balaban J connectivity index is 1.83. The van der Waals surface area contributed by atoms with E-state index >= 15 is 0 Å². The molecule has 1 amide bonds. The monoisotopic (exact) mass is 369 g/mol. The molecule has 0 atom stereocenters. The fourth-order valence-corrected chi connectivity index (χ4v) is 2.38. The number of carbonyl (C=O) groups excluding carboxylic acids is 1. The van der Waals surface area contributed by atoms with Crippen molar-refractivity contribution in [2.75, 3.05) is 5.32 Å². The Bertz CT molecular complexity index is 727. The highest BCUT2D eigenvalue weighted by Crippen LogP contribution is 2.26. The van der Waals surface area contributed by atoms with E-state index in [9.17, 15) is 18.7 Å². The Labute approximate surface area is 146 Å². The van der Waals surface area contributed by atoms with E-state index in [1.165, 1.54) is 30.3 Å². The average molecular weight is 369 g/mol. The van der Waals surface area contributed by atoms with Gasteiger partial charge < -0.3 is 10.4 Å². The van der Waals surface area contributed by atoms with Gasteiger partial charge in [-0.25, -0.2) is 0 Å². The van der Waals surface area contributed by atoms with Crippen molar-refractivity contribution >= 4 is 40.7 Å². The van der Waals surface area contributed by atoms with Gasteiger partial charge in [0.25, 0.3) is 11.7 Å². The van der Waals surface area contributed by atoms with Crippen LogP contribution in [0.2, 0.25) is 0 Å². The minimum absolute atomic E-state index is 0.0230. The van der Waals surface area contributed by atoms with E-state index < -0.39 is 11.7 Å². The number of anilines is 1. The highest BCUT2D eigenvalue weighted by atomic mass is 32.2. The van der Waals surface area contributed by atoms with Crippen LogP contribution in [0.1, 0.15) is 10.4 Å². The standard InChI is InChI=1S/C15H13F2N3O2S2/c16-14(17)24-12-6-4-10(5-7-12)18-15(23)20-19-13(22)9-2-1-3-11(21)8-9/h1-8,14,21H,(H,19,22)(H2,18,20,23). The van der Waals surface area contributed by atoms with Crippen LogP contribution in [0.4, 0.5) is 14.5 Å². The summed E-state index contributed by atoms with van der Waals surface area (Å²) in [5, 5.41) is 12.2. The number of phenolic OH excluding ortho intramolecular Hbond substituents is 1. The molecule has 126 valence electrons. The first kappa shape index (κ1) is 18.0. The summed E-state index contributed by atoms with van der Waals surface area (Å²) in [5.74, 6) is -2.97. The number of hydrogen-bond acceptors (Lipinski definition) is 4. The third-order valence-corrected chi connectivity index (χ3v) is 3.66. The number of carbonyl (C=O) groups is 1. The molecule has 0 radical (unpaired) electrons. The summed E-state index contributed by atoms with van der Waals surface area (Å²) in [5.41, 5.74) is 5.73. The van der Waals surface area contributed by atoms with Crippen molar-refractivity contribution < 1.29 is 18.7 Å². The molecule has 9 heteroatoms. The van der Waals surface area contributed by atoms with E-state index in [0.29, 0.717) is 22.3 Å². The van der Waals surface area contributed by atoms with E-state index in [0.717, 1.165) is 0 Å². The number of hydrazine groups is 1. The van der Waals surface area contributed by atoms with Gasteiger partial charge in [0, 0.05) is 16.1 Å². The summed E-state index contributed by atoms with van der Waals surface area (Å²) >= 11 is 5.47. The first-order chi connectivity index (χ1) is 11.4. The molecule has 2 rings (SSSR count). The summed E-state index contributed by atoms with van der Waals surface area (Å²) in [6.45, 7) is 0. The van der Waals surface area contributed by atoms with Crippen LogP contribution in [0.15, 0.2) is 53.4 Å². The lowest BCUT2D eigenvalue weighted by Gasteiger charge is -2.12. The van der Waals surface area contributed by atoms with Crippen LogP contribution in [0.5, 0.6) is 5.75 Å². The smallest absolute Gasteiger partial charge is 0.288 e. The SMILES string of the molecule is O=C(NNC(=S)Nc1ccc(SC(F)F)cc1)c1cccc(O)c1. The van der Waals surface area contributed by atoms with E-state index in [1.807, 2.05) is 0 Å². The molecule has 0 saturated carbocycles. The van der Waals surface area contributed by atoms with Crippen molar-refractivity contribution in [2.45, 2.75) is 10.7 Å². The second-order valence-corrected chi connectivity index (χ2v) is 5.96. The molecule has 0 saturated heterocycles. The topological polar surface area (TPSA) is 73.4 Å². The molecule has 0 spiro atoms. The van der Waals surface area contributed by atoms with Crippen LogP contribution in [-0.2, 0) is 0 Å². The quantitative estimate of drug-likeness (QED) is 0.376. The van der Waals surface area contributed by atoms with Crippen molar-refractivity contribution in [2.24, 2.45) is 0 Å². The normalized spacial score (nSPS) is 10.3. The zero-order chi connectivity index (χ0) is 17.5. The molecule has 0 fully saturated rings. The number of thioether (sulfide) groups is 1. The van der Waals surface area contributed by atoms with Gasteiger partial charge in [-0.15, -0.1) is 0 Å². The highest BCUT2D eigenvalue weighted by molar-refractivity contribution is 7.99. The fraction of sp³-hybridized carbons (Fsp3) is 0.0667. The molecule has 2 aromatic rings. The van der Waals surface area contributed by atoms with Crippen LogP contribution in [0.25, 0.3) is 0 Å². The van der Waals surface area contributed by atoms with Crippen molar-refractivity contribution in [3.05, 3.63) is 54.1 Å². The van der Waals surface area contributed by atoms with E-state index in [4.69, 9.17) is 12.2 Å². The van der Waals surface area contributed by atoms with Gasteiger partial charge >= 0.3 is 0 Å². The number of hydrogen-bond donors (Lipinski definition) is 4. The number of alkyl halides is 2. The van der Waals surface area contributed by atoms with Crippen molar-refractivity contribution in [1.29, 1.82) is 0 Å². The maximum Gasteiger partial charge on any atom is 0.288 e. The Morgan fingerprint density at radius 1 is 1.12 bits per heavy atom. The van der Waals surface area contributed by atoms with Gasteiger partial charge in [-0.05, 0) is 54.7 Å². The zero-order valence-corrected chi connectivity index (χ0v) is 13.8. The number of nitrogens with one attached hydrogen (secondary N) is 3. The Morgan fingerprint density at radius 2 is 1.83 bits per heavy atom. The summed E-state index contributed by atoms with van der Waals surface area (Å²) < 4.78 is 24.5. The van der Waals surface area contributed by atoms with E-state index in [-0.39, 0.29) is 16.4 Å². The number of halogens is 2. The molecular weight excluding hydrogens is 356 g/mol. The molecule has 5 nitrogen and oxygen atoms in total. The van der Waals surface area contributed by atoms with Gasteiger partial charge in [-0.3, -0.25) is 15.6 Å². The van der Waals surface area contributed by atoms with Crippen LogP contribution in [0, 0.1) is 0 Å². The first-order valence-electron chi connectivity index (χ1n) is 6.65. The predicted octanol–water partition coefficient (Wildman–Crippen LogP) is 3.34. The summed E-state index contributed by atoms with van der Waals surface area (Å²) in [6.07, 6.45) is 0. The van der Waals surface area contributed by atoms with Crippen molar-refractivity contribution in [1.82, 2.24) is 10.9 Å². The van der Waals surface area contributed by atoms with Gasteiger partial charge in [0.05, 0.1) is 0 Å². The minimum Gasteiger partial charge on any atom is -0.508 e. The maximum atomic E-state index is 12.2. The molecule has 0 aliphatic rings. The van der Waals surface area contributed by atoms with Crippen LogP contribution in [-0.4, -0.2) is 21.9 Å².